The number of nitrogens with zero attached hydrogens (tertiary/aromatic N) is 1. The Morgan fingerprint density at radius 1 is 1.25 bits per heavy atom. The van der Waals surface area contributed by atoms with Crippen molar-refractivity contribution in [3.05, 3.63) is 0 Å². The van der Waals surface area contributed by atoms with Crippen molar-refractivity contribution in [2.75, 3.05) is 33.4 Å². The second kappa shape index (κ2) is 8.97. The summed E-state index contributed by atoms with van der Waals surface area (Å²) in [5.74, 6) is 0. The van der Waals surface area contributed by atoms with Gasteiger partial charge in [-0.3, -0.25) is 5.43 Å². The third-order valence-electron chi connectivity index (χ3n) is 1.85. The number of ether oxygens (including phenoxy) is 1. The van der Waals surface area contributed by atoms with Crippen molar-refractivity contribution in [3.63, 3.8) is 0 Å². The minimum absolute atomic E-state index is 0.828. The molecule has 3 nitrogen and oxygen atoms in total. The Bertz CT molecular complexity index is 84.6. The molecule has 0 rings (SSSR count). The molecule has 0 aliphatic heterocycles. The Morgan fingerprint density at radius 3 is 2.50 bits per heavy atom. The van der Waals surface area contributed by atoms with Crippen LogP contribution in [0.25, 0.3) is 0 Å². The fraction of sp³-hybridized carbons (Fsp3) is 1.00. The maximum Gasteiger partial charge on any atom is 0.0607 e. The largest absolute Gasteiger partial charge is 0.380 e. The molecule has 0 aromatic heterocycles. The monoisotopic (exact) mass is 174 g/mol. The van der Waals surface area contributed by atoms with Crippen molar-refractivity contribution in [1.82, 2.24) is 10.4 Å². The highest BCUT2D eigenvalue weighted by Crippen LogP contribution is 1.88. The number of likely N-dealkylation sites (N-methyl/N-ethyl adjacent to an activating group) is 1. The normalized spacial score (nSPS) is 11.0. The van der Waals surface area contributed by atoms with Gasteiger partial charge in [-0.05, 0) is 13.5 Å². The lowest BCUT2D eigenvalue weighted by Gasteiger charge is -2.18. The Morgan fingerprint density at radius 2 is 2.00 bits per heavy atom. The summed E-state index contributed by atoms with van der Waals surface area (Å²) in [6, 6.07) is 0. The molecule has 0 aliphatic carbocycles. The smallest absolute Gasteiger partial charge is 0.0607 e. The van der Waals surface area contributed by atoms with E-state index in [1.54, 1.807) is 0 Å². The molecule has 0 saturated carbocycles. The minimum atomic E-state index is 0.828. The zero-order chi connectivity index (χ0) is 9.23. The molecular formula is C9H22N2O. The summed E-state index contributed by atoms with van der Waals surface area (Å²) in [7, 11) is 1.94. The van der Waals surface area contributed by atoms with E-state index < -0.39 is 0 Å². The lowest BCUT2D eigenvalue weighted by atomic mass is 10.4. The van der Waals surface area contributed by atoms with E-state index >= 15 is 0 Å². The molecular weight excluding hydrogens is 152 g/mol. The first-order chi connectivity index (χ1) is 5.85. The minimum Gasteiger partial charge on any atom is -0.380 e. The molecule has 0 saturated heterocycles. The molecule has 0 atom stereocenters. The van der Waals surface area contributed by atoms with E-state index in [4.69, 9.17) is 4.74 Å². The van der Waals surface area contributed by atoms with Gasteiger partial charge in [-0.1, -0.05) is 20.3 Å². The lowest BCUT2D eigenvalue weighted by molar-refractivity contribution is 0.0886. The van der Waals surface area contributed by atoms with E-state index in [9.17, 15) is 0 Å². The van der Waals surface area contributed by atoms with Crippen LogP contribution in [0.4, 0.5) is 0 Å². The van der Waals surface area contributed by atoms with Crippen LogP contribution in [0.3, 0.4) is 0 Å². The van der Waals surface area contributed by atoms with E-state index in [0.29, 0.717) is 0 Å². The highest BCUT2D eigenvalue weighted by molar-refractivity contribution is 4.44. The molecule has 0 amide bonds. The van der Waals surface area contributed by atoms with E-state index in [0.717, 1.165) is 26.3 Å². The second-order valence-electron chi connectivity index (χ2n) is 2.77. The maximum atomic E-state index is 5.43. The molecule has 74 valence electrons. The first-order valence-electron chi connectivity index (χ1n) is 4.85. The van der Waals surface area contributed by atoms with Gasteiger partial charge in [0, 0.05) is 19.7 Å². The quantitative estimate of drug-likeness (QED) is 0.443. The van der Waals surface area contributed by atoms with Gasteiger partial charge in [0.2, 0.25) is 0 Å². The van der Waals surface area contributed by atoms with Crippen molar-refractivity contribution < 1.29 is 4.74 Å². The van der Waals surface area contributed by atoms with Crippen molar-refractivity contribution in [2.45, 2.75) is 26.7 Å². The van der Waals surface area contributed by atoms with Gasteiger partial charge in [-0.15, -0.1) is 0 Å². The Kier molecular flexibility index (Phi) is 8.88. The lowest BCUT2D eigenvalue weighted by Crippen LogP contribution is -2.37. The molecule has 3 heteroatoms. The molecule has 0 heterocycles. The molecule has 0 bridgehead atoms. The Balaban J connectivity index is 3.06. The van der Waals surface area contributed by atoms with Gasteiger partial charge < -0.3 is 4.74 Å². The van der Waals surface area contributed by atoms with E-state index in [1.807, 2.05) is 7.05 Å². The number of nitrogens with one attached hydrogen (secondary N) is 1. The van der Waals surface area contributed by atoms with Crippen molar-refractivity contribution in [2.24, 2.45) is 0 Å². The molecule has 0 spiro atoms. The zero-order valence-electron chi connectivity index (χ0n) is 8.60. The number of rotatable bonds is 8. The highest BCUT2D eigenvalue weighted by Gasteiger charge is 1.96. The number of hydrazine groups is 1. The van der Waals surface area contributed by atoms with Crippen LogP contribution in [0.5, 0.6) is 0 Å². The molecule has 0 aliphatic rings. The number of hydrogen-bond acceptors (Lipinski definition) is 3. The fourth-order valence-electron chi connectivity index (χ4n) is 0.951. The van der Waals surface area contributed by atoms with Crippen LogP contribution in [0.15, 0.2) is 0 Å². The zero-order valence-corrected chi connectivity index (χ0v) is 8.60. The van der Waals surface area contributed by atoms with E-state index in [-0.39, 0.29) is 0 Å². The van der Waals surface area contributed by atoms with E-state index in [2.05, 4.69) is 24.3 Å². The predicted molar refractivity (Wildman–Crippen MR) is 52.0 cm³/mol. The molecule has 1 N–H and O–H groups in total. The molecule has 0 fully saturated rings. The third-order valence-corrected chi connectivity index (χ3v) is 1.85. The molecule has 0 aromatic rings. The topological polar surface area (TPSA) is 24.5 Å². The van der Waals surface area contributed by atoms with Crippen molar-refractivity contribution in [3.8, 4) is 0 Å². The van der Waals surface area contributed by atoms with Gasteiger partial charge in [0.15, 0.2) is 0 Å². The van der Waals surface area contributed by atoms with Crippen LogP contribution in [-0.4, -0.2) is 38.4 Å². The van der Waals surface area contributed by atoms with Crippen LogP contribution in [0.1, 0.15) is 26.7 Å². The predicted octanol–water partition coefficient (Wildman–Crippen LogP) is 1.26. The molecule has 0 unspecified atom stereocenters. The number of hydrogen-bond donors (Lipinski definition) is 1. The molecule has 0 aromatic carbocycles. The van der Waals surface area contributed by atoms with Crippen LogP contribution in [0, 0.1) is 0 Å². The molecule has 0 radical (unpaired) electrons. The van der Waals surface area contributed by atoms with Crippen LogP contribution in [0.2, 0.25) is 0 Å². The standard InChI is InChI=1S/C9H22N2O/c1-4-6-8-12-9-7-11(5-2)10-3/h10H,4-9H2,1-3H3. The van der Waals surface area contributed by atoms with Gasteiger partial charge >= 0.3 is 0 Å². The van der Waals surface area contributed by atoms with Gasteiger partial charge in [-0.25, -0.2) is 5.01 Å². The number of unbranched alkanes of at least 4 members (excludes halogenated alkanes) is 1. The summed E-state index contributed by atoms with van der Waals surface area (Å²) in [6.07, 6.45) is 2.38. The maximum absolute atomic E-state index is 5.43. The van der Waals surface area contributed by atoms with Crippen LogP contribution < -0.4 is 5.43 Å². The average Bonchev–Trinajstić information content (AvgIpc) is 2.11. The summed E-state index contributed by atoms with van der Waals surface area (Å²) in [4.78, 5) is 0. The van der Waals surface area contributed by atoms with Crippen LogP contribution >= 0.6 is 0 Å². The fourth-order valence-corrected chi connectivity index (χ4v) is 0.951. The summed E-state index contributed by atoms with van der Waals surface area (Å²) in [5, 5.41) is 2.13. The molecule has 12 heavy (non-hydrogen) atoms. The summed E-state index contributed by atoms with van der Waals surface area (Å²) in [5.41, 5.74) is 3.10. The van der Waals surface area contributed by atoms with Crippen molar-refractivity contribution in [1.29, 1.82) is 0 Å². The Hall–Kier alpha value is -0.120. The average molecular weight is 174 g/mol. The summed E-state index contributed by atoms with van der Waals surface area (Å²) < 4.78 is 5.43. The first kappa shape index (κ1) is 11.9. The SMILES string of the molecule is CCCCOCCN(CC)NC. The first-order valence-corrected chi connectivity index (χ1v) is 4.85. The second-order valence-corrected chi connectivity index (χ2v) is 2.77. The van der Waals surface area contributed by atoms with Gasteiger partial charge in [-0.2, -0.15) is 0 Å². The van der Waals surface area contributed by atoms with Gasteiger partial charge in [0.25, 0.3) is 0 Å². The third kappa shape index (κ3) is 6.58. The Labute approximate surface area is 76.1 Å². The van der Waals surface area contributed by atoms with Gasteiger partial charge in [0.05, 0.1) is 6.61 Å². The highest BCUT2D eigenvalue weighted by atomic mass is 16.5. The summed E-state index contributed by atoms with van der Waals surface area (Å²) in [6.45, 7) is 8.02. The van der Waals surface area contributed by atoms with E-state index in [1.165, 1.54) is 12.8 Å². The van der Waals surface area contributed by atoms with Crippen LogP contribution in [-0.2, 0) is 4.74 Å². The van der Waals surface area contributed by atoms with Gasteiger partial charge in [0.1, 0.15) is 0 Å². The van der Waals surface area contributed by atoms with Crippen molar-refractivity contribution >= 4 is 0 Å². The summed E-state index contributed by atoms with van der Waals surface area (Å²) >= 11 is 0.